The van der Waals surface area contributed by atoms with Crippen LogP contribution in [0, 0.1) is 0 Å². The Hall–Kier alpha value is -1.71. The van der Waals surface area contributed by atoms with Crippen LogP contribution in [0.3, 0.4) is 0 Å². The zero-order valence-corrected chi connectivity index (χ0v) is 12.3. The Bertz CT molecular complexity index is 773. The summed E-state index contributed by atoms with van der Waals surface area (Å²) in [6.07, 6.45) is 0. The molecule has 0 aliphatic rings. The number of rotatable bonds is 2. The molecule has 5 heteroatoms. The van der Waals surface area contributed by atoms with Crippen LogP contribution in [0.15, 0.2) is 36.4 Å². The fraction of sp³-hybridized carbons (Fsp3) is 0.133. The average Bonchev–Trinajstić information content (AvgIpc) is 2.82. The van der Waals surface area contributed by atoms with Gasteiger partial charge in [-0.05, 0) is 31.2 Å². The van der Waals surface area contributed by atoms with Crippen LogP contribution in [-0.2, 0) is 6.54 Å². The van der Waals surface area contributed by atoms with Crippen molar-refractivity contribution < 1.29 is 5.11 Å². The van der Waals surface area contributed by atoms with E-state index in [1.54, 1.807) is 12.1 Å². The highest BCUT2D eigenvalue weighted by Gasteiger charge is 2.14. The van der Waals surface area contributed by atoms with E-state index in [2.05, 4.69) is 16.5 Å². The molecule has 0 spiro atoms. The molecule has 102 valence electrons. The van der Waals surface area contributed by atoms with E-state index in [9.17, 15) is 5.11 Å². The molecule has 2 aromatic carbocycles. The van der Waals surface area contributed by atoms with Crippen molar-refractivity contribution in [3.63, 3.8) is 0 Å². The fourth-order valence-corrected chi connectivity index (χ4v) is 2.80. The Balaban J connectivity index is 2.29. The third-order valence-corrected chi connectivity index (χ3v) is 3.82. The molecule has 0 unspecified atom stereocenters. The van der Waals surface area contributed by atoms with E-state index in [0.29, 0.717) is 0 Å². The number of aromatic nitrogens is 2. The molecular formula is C15H12Cl2N2O. The molecule has 0 atom stereocenters. The minimum Gasteiger partial charge on any atom is -0.505 e. The molecule has 1 heterocycles. The average molecular weight is 307 g/mol. The predicted octanol–water partition coefficient (Wildman–Crippen LogP) is 4.74. The molecule has 0 bridgehead atoms. The number of hydrogen-bond acceptors (Lipinski definition) is 2. The van der Waals surface area contributed by atoms with Gasteiger partial charge in [0.2, 0.25) is 0 Å². The molecule has 3 nitrogen and oxygen atoms in total. The van der Waals surface area contributed by atoms with E-state index in [-0.39, 0.29) is 15.8 Å². The summed E-state index contributed by atoms with van der Waals surface area (Å²) in [6, 6.07) is 11.3. The summed E-state index contributed by atoms with van der Waals surface area (Å²) < 4.78 is 2.09. The molecule has 0 saturated carbocycles. The lowest BCUT2D eigenvalue weighted by Gasteiger charge is -2.08. The molecule has 0 saturated heterocycles. The SMILES string of the molecule is CCn1c(-c2cc(Cl)c(O)c(Cl)c2)nc2ccccc21. The van der Waals surface area contributed by atoms with E-state index >= 15 is 0 Å². The minimum absolute atomic E-state index is 0.101. The van der Waals surface area contributed by atoms with Crippen LogP contribution in [0.5, 0.6) is 5.75 Å². The van der Waals surface area contributed by atoms with Crippen LogP contribution >= 0.6 is 23.2 Å². The number of phenolic OH excluding ortho intramolecular Hbond substituents is 1. The molecule has 1 N–H and O–H groups in total. The van der Waals surface area contributed by atoms with Crippen molar-refractivity contribution in [1.29, 1.82) is 0 Å². The number of imidazole rings is 1. The Morgan fingerprint density at radius 2 is 1.80 bits per heavy atom. The fourth-order valence-electron chi connectivity index (χ4n) is 2.31. The van der Waals surface area contributed by atoms with Gasteiger partial charge in [-0.15, -0.1) is 0 Å². The quantitative estimate of drug-likeness (QED) is 0.743. The maximum absolute atomic E-state index is 9.65. The zero-order valence-electron chi connectivity index (χ0n) is 10.8. The summed E-state index contributed by atoms with van der Waals surface area (Å²) in [7, 11) is 0. The lowest BCUT2D eigenvalue weighted by atomic mass is 10.2. The first kappa shape index (κ1) is 13.3. The summed E-state index contributed by atoms with van der Waals surface area (Å²) in [6.45, 7) is 2.84. The number of hydrogen-bond donors (Lipinski definition) is 1. The largest absolute Gasteiger partial charge is 0.505 e. The number of nitrogens with zero attached hydrogens (tertiary/aromatic N) is 2. The number of para-hydroxylation sites is 2. The van der Waals surface area contributed by atoms with Crippen molar-refractivity contribution in [2.45, 2.75) is 13.5 Å². The number of aryl methyl sites for hydroxylation is 1. The number of benzene rings is 2. The van der Waals surface area contributed by atoms with Crippen molar-refractivity contribution in [1.82, 2.24) is 9.55 Å². The van der Waals surface area contributed by atoms with E-state index in [1.165, 1.54) is 0 Å². The molecule has 0 aliphatic carbocycles. The number of aromatic hydroxyl groups is 1. The Labute approximate surface area is 126 Å². The second kappa shape index (κ2) is 5.00. The molecule has 3 aromatic rings. The molecule has 20 heavy (non-hydrogen) atoms. The van der Waals surface area contributed by atoms with Crippen molar-refractivity contribution in [2.24, 2.45) is 0 Å². The number of phenols is 1. The highest BCUT2D eigenvalue weighted by atomic mass is 35.5. The second-order valence-corrected chi connectivity index (χ2v) is 5.27. The van der Waals surface area contributed by atoms with Crippen LogP contribution in [0.1, 0.15) is 6.92 Å². The Kier molecular flexibility index (Phi) is 3.32. The molecule has 0 radical (unpaired) electrons. The summed E-state index contributed by atoms with van der Waals surface area (Å²) in [5, 5.41) is 10.1. The lowest BCUT2D eigenvalue weighted by molar-refractivity contribution is 0.476. The van der Waals surface area contributed by atoms with Gasteiger partial charge < -0.3 is 9.67 Å². The normalized spacial score (nSPS) is 11.2. The zero-order chi connectivity index (χ0) is 14.3. The van der Waals surface area contributed by atoms with Gasteiger partial charge in [-0.2, -0.15) is 0 Å². The highest BCUT2D eigenvalue weighted by molar-refractivity contribution is 6.37. The monoisotopic (exact) mass is 306 g/mol. The first-order valence-electron chi connectivity index (χ1n) is 6.25. The van der Waals surface area contributed by atoms with Gasteiger partial charge in [0.25, 0.3) is 0 Å². The van der Waals surface area contributed by atoms with Gasteiger partial charge in [0.05, 0.1) is 21.1 Å². The van der Waals surface area contributed by atoms with E-state index in [0.717, 1.165) is 29.0 Å². The molecule has 0 fully saturated rings. The van der Waals surface area contributed by atoms with E-state index < -0.39 is 0 Å². The summed E-state index contributed by atoms with van der Waals surface area (Å²) in [5.41, 5.74) is 2.77. The second-order valence-electron chi connectivity index (χ2n) is 4.46. The van der Waals surface area contributed by atoms with Gasteiger partial charge in [0.1, 0.15) is 5.82 Å². The first-order chi connectivity index (χ1) is 9.61. The van der Waals surface area contributed by atoms with E-state index in [1.807, 2.05) is 24.3 Å². The Morgan fingerprint density at radius 1 is 1.15 bits per heavy atom. The standard InChI is InChI=1S/C15H12Cl2N2O/c1-2-19-13-6-4-3-5-12(13)18-15(19)9-7-10(16)14(20)11(17)8-9/h3-8,20H,2H2,1H3. The minimum atomic E-state index is -0.101. The van der Waals surface area contributed by atoms with Crippen molar-refractivity contribution in [3.8, 4) is 17.1 Å². The van der Waals surface area contributed by atoms with Crippen LogP contribution in [0.4, 0.5) is 0 Å². The van der Waals surface area contributed by atoms with E-state index in [4.69, 9.17) is 23.2 Å². The third kappa shape index (κ3) is 2.03. The highest BCUT2D eigenvalue weighted by Crippen LogP contribution is 2.36. The summed E-state index contributed by atoms with van der Waals surface area (Å²) in [5.74, 6) is 0.689. The van der Waals surface area contributed by atoms with Gasteiger partial charge in [-0.1, -0.05) is 35.3 Å². The van der Waals surface area contributed by atoms with Crippen LogP contribution < -0.4 is 0 Å². The predicted molar refractivity (Wildman–Crippen MR) is 82.5 cm³/mol. The van der Waals surface area contributed by atoms with Crippen LogP contribution in [0.25, 0.3) is 22.4 Å². The molecular weight excluding hydrogens is 295 g/mol. The third-order valence-electron chi connectivity index (χ3n) is 3.25. The maximum Gasteiger partial charge on any atom is 0.152 e. The molecule has 0 aliphatic heterocycles. The number of fused-ring (bicyclic) bond motifs is 1. The van der Waals surface area contributed by atoms with Gasteiger partial charge in [0.15, 0.2) is 5.75 Å². The van der Waals surface area contributed by atoms with Gasteiger partial charge in [-0.25, -0.2) is 4.98 Å². The van der Waals surface area contributed by atoms with Crippen molar-refractivity contribution in [2.75, 3.05) is 0 Å². The summed E-state index contributed by atoms with van der Waals surface area (Å²) in [4.78, 5) is 4.63. The first-order valence-corrected chi connectivity index (χ1v) is 7.01. The molecule has 3 rings (SSSR count). The molecule has 0 amide bonds. The van der Waals surface area contributed by atoms with Crippen LogP contribution in [0.2, 0.25) is 10.0 Å². The molecule has 1 aromatic heterocycles. The smallest absolute Gasteiger partial charge is 0.152 e. The topological polar surface area (TPSA) is 38.0 Å². The maximum atomic E-state index is 9.65. The van der Waals surface area contributed by atoms with Gasteiger partial charge in [0, 0.05) is 12.1 Å². The Morgan fingerprint density at radius 3 is 2.45 bits per heavy atom. The lowest BCUT2D eigenvalue weighted by Crippen LogP contribution is -1.97. The van der Waals surface area contributed by atoms with Crippen LogP contribution in [-0.4, -0.2) is 14.7 Å². The van der Waals surface area contributed by atoms with Gasteiger partial charge >= 0.3 is 0 Å². The van der Waals surface area contributed by atoms with Gasteiger partial charge in [-0.3, -0.25) is 0 Å². The summed E-state index contributed by atoms with van der Waals surface area (Å²) >= 11 is 12.0. The number of halogens is 2. The van der Waals surface area contributed by atoms with Crippen molar-refractivity contribution >= 4 is 34.2 Å². The van der Waals surface area contributed by atoms with Crippen molar-refractivity contribution in [3.05, 3.63) is 46.4 Å².